The molecule has 0 bridgehead atoms. The maximum atomic E-state index is 10.5. The first kappa shape index (κ1) is 16.6. The predicted octanol–water partition coefficient (Wildman–Crippen LogP) is -0.125. The summed E-state index contributed by atoms with van der Waals surface area (Å²) in [5, 5.41) is 44.0. The van der Waals surface area contributed by atoms with Gasteiger partial charge in [0.2, 0.25) is 5.76 Å². The number of carbonyl (C=O) groups excluding carboxylic acids is 1. The van der Waals surface area contributed by atoms with E-state index in [1.807, 2.05) is 13.0 Å². The first-order valence-electron chi connectivity index (χ1n) is 5.95. The van der Waals surface area contributed by atoms with E-state index in [0.29, 0.717) is 5.69 Å². The number of esters is 1. The number of rotatable bonds is 2. The van der Waals surface area contributed by atoms with Crippen LogP contribution in [0, 0.1) is 6.92 Å². The molecule has 1 aliphatic rings. The maximum Gasteiger partial charge on any atom is 0.377 e. The molecule has 116 valence electrons. The van der Waals surface area contributed by atoms with Crippen molar-refractivity contribution in [2.75, 3.05) is 12.3 Å². The van der Waals surface area contributed by atoms with Crippen LogP contribution in [-0.4, -0.2) is 50.3 Å². The number of aromatic hydroxyl groups is 1. The quantitative estimate of drug-likeness (QED) is 0.251. The van der Waals surface area contributed by atoms with Gasteiger partial charge in [-0.15, -0.1) is 0 Å². The Bertz CT molecular complexity index is 555. The fraction of sp³-hybridized carbons (Fsp3) is 0.308. The Kier molecular flexibility index (Phi) is 5.39. The Morgan fingerprint density at radius 1 is 1.33 bits per heavy atom. The van der Waals surface area contributed by atoms with Crippen LogP contribution in [0.1, 0.15) is 5.56 Å². The van der Waals surface area contributed by atoms with Gasteiger partial charge in [-0.05, 0) is 24.6 Å². The first-order valence-corrected chi connectivity index (χ1v) is 5.95. The van der Waals surface area contributed by atoms with Crippen molar-refractivity contribution < 1.29 is 35.1 Å². The molecule has 0 saturated carbocycles. The van der Waals surface area contributed by atoms with Gasteiger partial charge in [-0.25, -0.2) is 4.79 Å². The lowest BCUT2D eigenvalue weighted by Gasteiger charge is -2.13. The van der Waals surface area contributed by atoms with Gasteiger partial charge in [0, 0.05) is 0 Å². The summed E-state index contributed by atoms with van der Waals surface area (Å²) in [6.07, 6.45) is -2.78. The third kappa shape index (κ3) is 4.01. The lowest BCUT2D eigenvalue weighted by Crippen LogP contribution is -2.31. The molecular weight excluding hydrogens is 282 g/mol. The Labute approximate surface area is 120 Å². The molecule has 21 heavy (non-hydrogen) atoms. The number of benzene rings is 1. The highest BCUT2D eigenvalue weighted by Crippen LogP contribution is 2.21. The maximum absolute atomic E-state index is 10.5. The Hall–Kier alpha value is -2.45. The summed E-state index contributed by atoms with van der Waals surface area (Å²) in [6.45, 7) is 1.26. The highest BCUT2D eigenvalue weighted by Gasteiger charge is 2.38. The second kappa shape index (κ2) is 6.82. The summed E-state index contributed by atoms with van der Waals surface area (Å²) in [7, 11) is 0. The summed E-state index contributed by atoms with van der Waals surface area (Å²) >= 11 is 0. The number of nitrogens with two attached hydrogens (primary N) is 1. The average molecular weight is 299 g/mol. The smallest absolute Gasteiger partial charge is 0.377 e. The number of hydrogen-bond donors (Lipinski definition) is 6. The van der Waals surface area contributed by atoms with Crippen LogP contribution in [0.25, 0.3) is 0 Å². The van der Waals surface area contributed by atoms with E-state index in [0.717, 1.165) is 5.56 Å². The van der Waals surface area contributed by atoms with Crippen LogP contribution >= 0.6 is 0 Å². The number of cyclic esters (lactones) is 1. The van der Waals surface area contributed by atoms with Crippen molar-refractivity contribution in [1.82, 2.24) is 0 Å². The first-order chi connectivity index (χ1) is 9.77. The van der Waals surface area contributed by atoms with E-state index in [-0.39, 0.29) is 5.75 Å². The minimum Gasteiger partial charge on any atom is -0.506 e. The van der Waals surface area contributed by atoms with E-state index in [4.69, 9.17) is 31.3 Å². The lowest BCUT2D eigenvalue weighted by atomic mass is 10.2. The van der Waals surface area contributed by atoms with Gasteiger partial charge in [0.15, 0.2) is 11.9 Å². The number of aryl methyl sites for hydroxylation is 1. The van der Waals surface area contributed by atoms with E-state index in [9.17, 15) is 4.79 Å². The highest BCUT2D eigenvalue weighted by atomic mass is 16.6. The molecule has 0 unspecified atom stereocenters. The Morgan fingerprint density at radius 3 is 2.33 bits per heavy atom. The average Bonchev–Trinajstić information content (AvgIpc) is 2.71. The minimum absolute atomic E-state index is 0.153. The number of anilines is 1. The van der Waals surface area contributed by atoms with Crippen molar-refractivity contribution >= 4 is 11.7 Å². The third-order valence-corrected chi connectivity index (χ3v) is 2.66. The van der Waals surface area contributed by atoms with Crippen LogP contribution < -0.4 is 5.73 Å². The standard InChI is InChI=1S/C7H9NO.C6H8O6/c1-5-2-3-7(9)6(8)4-5;7-1-2(8)5-3(9)4(10)6(11)12-5/h2-4,9H,8H2,1H3;2,5,7-10H,1H2/t;2-,5+/m.0/s1. The molecule has 1 aliphatic heterocycles. The van der Waals surface area contributed by atoms with Crippen molar-refractivity contribution in [2.24, 2.45) is 0 Å². The molecule has 0 fully saturated rings. The molecule has 0 radical (unpaired) electrons. The van der Waals surface area contributed by atoms with Crippen LogP contribution in [0.4, 0.5) is 5.69 Å². The van der Waals surface area contributed by atoms with Crippen LogP contribution in [0.15, 0.2) is 29.7 Å². The summed E-state index contributed by atoms with van der Waals surface area (Å²) in [6, 6.07) is 5.13. The van der Waals surface area contributed by atoms with E-state index < -0.39 is 36.3 Å². The SMILES string of the molecule is Cc1ccc(O)c(N)c1.O=C1O[C@H]([C@@H](O)CO)C(O)=C1O. The Balaban J connectivity index is 0.000000219. The number of ether oxygens (including phenoxy) is 1. The van der Waals surface area contributed by atoms with Gasteiger partial charge in [0.1, 0.15) is 11.9 Å². The normalized spacial score (nSPS) is 18.8. The van der Waals surface area contributed by atoms with Crippen molar-refractivity contribution in [3.8, 4) is 5.75 Å². The van der Waals surface area contributed by atoms with E-state index in [1.54, 1.807) is 12.1 Å². The molecule has 0 amide bonds. The zero-order chi connectivity index (χ0) is 16.2. The molecule has 0 aromatic heterocycles. The predicted molar refractivity (Wildman–Crippen MR) is 72.5 cm³/mol. The van der Waals surface area contributed by atoms with E-state index in [1.165, 1.54) is 0 Å². The molecule has 2 atom stereocenters. The largest absolute Gasteiger partial charge is 0.506 e. The summed E-state index contributed by atoms with van der Waals surface area (Å²) in [5.74, 6) is -2.63. The van der Waals surface area contributed by atoms with Crippen LogP contribution in [0.3, 0.4) is 0 Å². The third-order valence-electron chi connectivity index (χ3n) is 2.66. The molecule has 0 aliphatic carbocycles. The number of aliphatic hydroxyl groups is 4. The summed E-state index contributed by atoms with van der Waals surface area (Å²) in [4.78, 5) is 10.5. The van der Waals surface area contributed by atoms with Gasteiger partial charge in [0.25, 0.3) is 0 Å². The van der Waals surface area contributed by atoms with E-state index in [2.05, 4.69) is 4.74 Å². The van der Waals surface area contributed by atoms with Crippen molar-refractivity contribution in [1.29, 1.82) is 0 Å². The summed E-state index contributed by atoms with van der Waals surface area (Å²) < 4.78 is 4.32. The molecule has 8 nitrogen and oxygen atoms in total. The van der Waals surface area contributed by atoms with Crippen molar-refractivity contribution in [3.63, 3.8) is 0 Å². The van der Waals surface area contributed by atoms with Gasteiger partial charge >= 0.3 is 5.97 Å². The monoisotopic (exact) mass is 299 g/mol. The fourth-order valence-corrected chi connectivity index (χ4v) is 1.50. The second-order valence-corrected chi connectivity index (χ2v) is 4.37. The molecule has 8 heteroatoms. The van der Waals surface area contributed by atoms with Crippen LogP contribution in [0.2, 0.25) is 0 Å². The van der Waals surface area contributed by atoms with Gasteiger partial charge in [0.05, 0.1) is 12.3 Å². The second-order valence-electron chi connectivity index (χ2n) is 4.37. The zero-order valence-corrected chi connectivity index (χ0v) is 11.2. The summed E-state index contributed by atoms with van der Waals surface area (Å²) in [5.41, 5.74) is 6.87. The van der Waals surface area contributed by atoms with Gasteiger partial charge in [-0.1, -0.05) is 6.07 Å². The number of hydrogen-bond acceptors (Lipinski definition) is 8. The van der Waals surface area contributed by atoms with Crippen molar-refractivity contribution in [2.45, 2.75) is 19.1 Å². The van der Waals surface area contributed by atoms with Gasteiger partial charge in [-0.3, -0.25) is 0 Å². The van der Waals surface area contributed by atoms with E-state index >= 15 is 0 Å². The molecular formula is C13H17NO7. The van der Waals surface area contributed by atoms with Crippen LogP contribution in [0.5, 0.6) is 5.75 Å². The van der Waals surface area contributed by atoms with Crippen molar-refractivity contribution in [3.05, 3.63) is 35.3 Å². The number of phenolic OH excluding ortho intramolecular Hbond substituents is 1. The number of carbonyl (C=O) groups is 1. The van der Waals surface area contributed by atoms with Gasteiger partial charge in [-0.2, -0.15) is 0 Å². The molecule has 2 rings (SSSR count). The molecule has 7 N–H and O–H groups in total. The number of aliphatic hydroxyl groups excluding tert-OH is 4. The molecule has 0 spiro atoms. The number of nitrogen functional groups attached to an aromatic ring is 1. The topological polar surface area (TPSA) is 153 Å². The minimum atomic E-state index is -1.42. The zero-order valence-electron chi connectivity index (χ0n) is 11.2. The molecule has 1 heterocycles. The highest BCUT2D eigenvalue weighted by molar-refractivity contribution is 5.89. The molecule has 0 saturated heterocycles. The Morgan fingerprint density at radius 2 is 1.95 bits per heavy atom. The molecule has 1 aromatic carbocycles. The number of phenols is 1. The molecule has 1 aromatic rings. The van der Waals surface area contributed by atoms with Gasteiger partial charge < -0.3 is 36.0 Å². The van der Waals surface area contributed by atoms with Crippen LogP contribution in [-0.2, 0) is 9.53 Å². The fourth-order valence-electron chi connectivity index (χ4n) is 1.50. The lowest BCUT2D eigenvalue weighted by molar-refractivity contribution is -0.147.